The lowest BCUT2D eigenvalue weighted by Crippen LogP contribution is -2.46. The first-order chi connectivity index (χ1) is 7.95. The fraction of sp³-hybridized carbons (Fsp3) is 0.538. The maximum absolute atomic E-state index is 12.1. The predicted molar refractivity (Wildman–Crippen MR) is 68.3 cm³/mol. The minimum absolute atomic E-state index is 0.0434. The molecule has 1 heterocycles. The van der Waals surface area contributed by atoms with Gasteiger partial charge in [0.2, 0.25) is 5.91 Å². The third-order valence-corrected chi connectivity index (χ3v) is 2.73. The van der Waals surface area contributed by atoms with E-state index in [9.17, 15) is 4.79 Å². The largest absolute Gasteiger partial charge is 0.331 e. The summed E-state index contributed by atoms with van der Waals surface area (Å²) in [4.78, 5) is 18.1. The Balaban J connectivity index is 2.96. The average molecular weight is 235 g/mol. The fourth-order valence-electron chi connectivity index (χ4n) is 1.89. The molecule has 1 rings (SSSR count). The van der Waals surface area contributed by atoms with E-state index in [1.54, 1.807) is 18.0 Å². The van der Waals surface area contributed by atoms with E-state index >= 15 is 0 Å². The van der Waals surface area contributed by atoms with E-state index in [1.807, 2.05) is 39.0 Å². The van der Waals surface area contributed by atoms with E-state index < -0.39 is 6.04 Å². The summed E-state index contributed by atoms with van der Waals surface area (Å²) in [5, 5.41) is 0. The van der Waals surface area contributed by atoms with Crippen LogP contribution in [0.2, 0.25) is 0 Å². The SMILES string of the molecule is CC(N)C(=O)N(C(C)C)C(C)c1ccccn1. The van der Waals surface area contributed by atoms with E-state index in [1.165, 1.54) is 0 Å². The van der Waals surface area contributed by atoms with Crippen molar-refractivity contribution in [2.45, 2.75) is 45.8 Å². The Morgan fingerprint density at radius 1 is 1.29 bits per heavy atom. The maximum Gasteiger partial charge on any atom is 0.239 e. The summed E-state index contributed by atoms with van der Waals surface area (Å²) < 4.78 is 0. The van der Waals surface area contributed by atoms with Gasteiger partial charge in [-0.05, 0) is 39.8 Å². The lowest BCUT2D eigenvalue weighted by molar-refractivity contribution is -0.136. The molecule has 1 aromatic rings. The van der Waals surface area contributed by atoms with Crippen LogP contribution in [0.5, 0.6) is 0 Å². The summed E-state index contributed by atoms with van der Waals surface area (Å²) in [6.07, 6.45) is 1.74. The molecular weight excluding hydrogens is 214 g/mol. The number of carbonyl (C=O) groups excluding carboxylic acids is 1. The quantitative estimate of drug-likeness (QED) is 0.864. The van der Waals surface area contributed by atoms with Gasteiger partial charge >= 0.3 is 0 Å². The van der Waals surface area contributed by atoms with Crippen molar-refractivity contribution < 1.29 is 4.79 Å². The maximum atomic E-state index is 12.1. The monoisotopic (exact) mass is 235 g/mol. The number of rotatable bonds is 4. The van der Waals surface area contributed by atoms with Crippen molar-refractivity contribution in [2.24, 2.45) is 5.73 Å². The second kappa shape index (κ2) is 5.77. The van der Waals surface area contributed by atoms with Gasteiger partial charge in [-0.1, -0.05) is 6.07 Å². The predicted octanol–water partition coefficient (Wildman–Crippen LogP) is 1.73. The van der Waals surface area contributed by atoms with Gasteiger partial charge in [0, 0.05) is 12.2 Å². The Labute approximate surface area is 103 Å². The van der Waals surface area contributed by atoms with Crippen LogP contribution in [0.15, 0.2) is 24.4 Å². The number of carbonyl (C=O) groups is 1. The molecular formula is C13H21N3O. The second-order valence-electron chi connectivity index (χ2n) is 4.56. The third kappa shape index (κ3) is 3.27. The minimum atomic E-state index is -0.483. The molecule has 0 aromatic carbocycles. The first kappa shape index (κ1) is 13.6. The van der Waals surface area contributed by atoms with Crippen molar-refractivity contribution in [3.63, 3.8) is 0 Å². The van der Waals surface area contributed by atoms with Crippen LogP contribution in [-0.4, -0.2) is 27.9 Å². The highest BCUT2D eigenvalue weighted by atomic mass is 16.2. The molecule has 0 aliphatic carbocycles. The molecule has 94 valence electrons. The highest BCUT2D eigenvalue weighted by Crippen LogP contribution is 2.21. The van der Waals surface area contributed by atoms with Crippen LogP contribution < -0.4 is 5.73 Å². The molecule has 1 amide bonds. The number of hydrogen-bond acceptors (Lipinski definition) is 3. The molecule has 0 aliphatic heterocycles. The molecule has 0 saturated carbocycles. The van der Waals surface area contributed by atoms with Crippen LogP contribution in [0.1, 0.15) is 39.4 Å². The summed E-state index contributed by atoms with van der Waals surface area (Å²) in [6, 6.07) is 5.27. The molecule has 4 nitrogen and oxygen atoms in total. The molecule has 0 aliphatic rings. The van der Waals surface area contributed by atoms with Crippen molar-refractivity contribution in [1.29, 1.82) is 0 Å². The van der Waals surface area contributed by atoms with Crippen molar-refractivity contribution >= 4 is 5.91 Å². The van der Waals surface area contributed by atoms with Crippen LogP contribution in [0.4, 0.5) is 0 Å². The molecule has 17 heavy (non-hydrogen) atoms. The Morgan fingerprint density at radius 3 is 2.35 bits per heavy atom. The highest BCUT2D eigenvalue weighted by molar-refractivity contribution is 5.81. The van der Waals surface area contributed by atoms with Gasteiger partial charge < -0.3 is 10.6 Å². The molecule has 4 heteroatoms. The summed E-state index contributed by atoms with van der Waals surface area (Å²) in [5.74, 6) is -0.0434. The van der Waals surface area contributed by atoms with Gasteiger partial charge in [-0.25, -0.2) is 0 Å². The zero-order chi connectivity index (χ0) is 13.0. The minimum Gasteiger partial charge on any atom is -0.331 e. The Bertz CT molecular complexity index is 362. The summed E-state index contributed by atoms with van der Waals surface area (Å²) in [6.45, 7) is 7.66. The Hall–Kier alpha value is -1.42. The Morgan fingerprint density at radius 2 is 1.94 bits per heavy atom. The third-order valence-electron chi connectivity index (χ3n) is 2.73. The lowest BCUT2D eigenvalue weighted by atomic mass is 10.1. The van der Waals surface area contributed by atoms with E-state index in [0.717, 1.165) is 5.69 Å². The lowest BCUT2D eigenvalue weighted by Gasteiger charge is -2.33. The molecule has 2 atom stereocenters. The second-order valence-corrected chi connectivity index (χ2v) is 4.56. The molecule has 2 N–H and O–H groups in total. The molecule has 0 bridgehead atoms. The standard InChI is InChI=1S/C13H21N3O/c1-9(2)16(13(17)10(3)14)11(4)12-7-5-6-8-15-12/h5-11H,14H2,1-4H3. The number of aromatic nitrogens is 1. The first-order valence-electron chi connectivity index (χ1n) is 5.93. The van der Waals surface area contributed by atoms with Gasteiger partial charge in [0.1, 0.15) is 0 Å². The molecule has 2 unspecified atom stereocenters. The van der Waals surface area contributed by atoms with Gasteiger partial charge in [-0.15, -0.1) is 0 Å². The van der Waals surface area contributed by atoms with Gasteiger partial charge in [-0.2, -0.15) is 0 Å². The molecule has 1 aromatic heterocycles. The molecule has 0 spiro atoms. The van der Waals surface area contributed by atoms with Gasteiger partial charge in [-0.3, -0.25) is 9.78 Å². The Kier molecular flexibility index (Phi) is 4.63. The van der Waals surface area contributed by atoms with Crippen LogP contribution in [0.25, 0.3) is 0 Å². The van der Waals surface area contributed by atoms with Crippen molar-refractivity contribution in [3.05, 3.63) is 30.1 Å². The van der Waals surface area contributed by atoms with Gasteiger partial charge in [0.05, 0.1) is 17.8 Å². The number of nitrogens with zero attached hydrogens (tertiary/aromatic N) is 2. The molecule has 0 fully saturated rings. The van der Waals surface area contributed by atoms with Gasteiger partial charge in [0.15, 0.2) is 0 Å². The summed E-state index contributed by atoms with van der Waals surface area (Å²) in [5.41, 5.74) is 6.56. The van der Waals surface area contributed by atoms with E-state index in [2.05, 4.69) is 4.98 Å². The molecule has 0 saturated heterocycles. The van der Waals surface area contributed by atoms with Crippen molar-refractivity contribution in [2.75, 3.05) is 0 Å². The van der Waals surface area contributed by atoms with Crippen LogP contribution in [0.3, 0.4) is 0 Å². The normalized spacial score (nSPS) is 14.5. The van der Waals surface area contributed by atoms with E-state index in [4.69, 9.17) is 5.73 Å². The summed E-state index contributed by atoms with van der Waals surface area (Å²) in [7, 11) is 0. The van der Waals surface area contributed by atoms with E-state index in [0.29, 0.717) is 0 Å². The first-order valence-corrected chi connectivity index (χ1v) is 5.93. The fourth-order valence-corrected chi connectivity index (χ4v) is 1.89. The van der Waals surface area contributed by atoms with Gasteiger partial charge in [0.25, 0.3) is 0 Å². The topological polar surface area (TPSA) is 59.2 Å². The van der Waals surface area contributed by atoms with E-state index in [-0.39, 0.29) is 18.0 Å². The smallest absolute Gasteiger partial charge is 0.239 e. The number of hydrogen-bond donors (Lipinski definition) is 1. The van der Waals surface area contributed by atoms with Crippen molar-refractivity contribution in [3.8, 4) is 0 Å². The highest BCUT2D eigenvalue weighted by Gasteiger charge is 2.26. The van der Waals surface area contributed by atoms with Crippen molar-refractivity contribution in [1.82, 2.24) is 9.88 Å². The van der Waals surface area contributed by atoms with Crippen LogP contribution >= 0.6 is 0 Å². The number of pyridine rings is 1. The number of nitrogens with two attached hydrogens (primary N) is 1. The average Bonchev–Trinajstić information content (AvgIpc) is 2.29. The summed E-state index contributed by atoms with van der Waals surface area (Å²) >= 11 is 0. The zero-order valence-corrected chi connectivity index (χ0v) is 10.9. The van der Waals surface area contributed by atoms with Crippen LogP contribution in [-0.2, 0) is 4.79 Å². The molecule has 0 radical (unpaired) electrons. The van der Waals surface area contributed by atoms with Crippen LogP contribution in [0, 0.1) is 0 Å². The number of amides is 1. The zero-order valence-electron chi connectivity index (χ0n) is 10.9.